The van der Waals surface area contributed by atoms with Gasteiger partial charge in [0.15, 0.2) is 5.82 Å². The third kappa shape index (κ3) is 3.71. The maximum Gasteiger partial charge on any atom is 0.342 e. The first-order valence-corrected chi connectivity index (χ1v) is 8.00. The molecule has 120 valence electrons. The zero-order valence-corrected chi connectivity index (χ0v) is 12.9. The molecule has 0 aliphatic carbocycles. The predicted molar refractivity (Wildman–Crippen MR) is 80.0 cm³/mol. The van der Waals surface area contributed by atoms with Gasteiger partial charge in [-0.05, 0) is 29.2 Å². The van der Waals surface area contributed by atoms with E-state index in [0.717, 1.165) is 6.20 Å². The molecule has 0 saturated heterocycles. The summed E-state index contributed by atoms with van der Waals surface area (Å²) in [4.78, 5) is 14.1. The maximum atomic E-state index is 12.1. The second-order valence-electron chi connectivity index (χ2n) is 4.61. The van der Waals surface area contributed by atoms with Gasteiger partial charge in [0.25, 0.3) is 0 Å². The number of imidazole rings is 1. The molecule has 0 atom stereocenters. The number of hydrogen-bond donors (Lipinski definition) is 1. The Morgan fingerprint density at radius 2 is 2.04 bits per heavy atom. The normalized spacial score (nSPS) is 11.1. The summed E-state index contributed by atoms with van der Waals surface area (Å²) in [6.07, 6.45) is 1.13. The Hall–Kier alpha value is -2.77. The van der Waals surface area contributed by atoms with Crippen LogP contribution in [0.4, 0.5) is 5.82 Å². The van der Waals surface area contributed by atoms with Gasteiger partial charge in [0.1, 0.15) is 12.7 Å². The molecule has 0 aliphatic heterocycles. The third-order valence-electron chi connectivity index (χ3n) is 3.14. The maximum absolute atomic E-state index is 12.1. The minimum atomic E-state index is -3.75. The summed E-state index contributed by atoms with van der Waals surface area (Å²) in [7, 11) is -3.75. The first-order chi connectivity index (χ1) is 10.8. The molecule has 0 aliphatic rings. The smallest absolute Gasteiger partial charge is 0.342 e. The van der Waals surface area contributed by atoms with Crippen LogP contribution in [-0.2, 0) is 16.6 Å². The Balaban J connectivity index is 2.07. The molecule has 2 rings (SSSR count). The molecule has 2 aromatic rings. The fourth-order valence-corrected chi connectivity index (χ4v) is 2.98. The molecule has 0 unspecified atom stereocenters. The number of nitriles is 1. The van der Waals surface area contributed by atoms with Gasteiger partial charge in [-0.3, -0.25) is 0 Å². The van der Waals surface area contributed by atoms with E-state index < -0.39 is 14.9 Å². The molecule has 0 saturated carbocycles. The SMILES string of the molecule is Cc1ncc([N+](=O)[O-])n1CCNS(=O)(=O)c1ccc(C#N)cc1. The Morgan fingerprint density at radius 3 is 2.61 bits per heavy atom. The molecule has 1 heterocycles. The van der Waals surface area contributed by atoms with Gasteiger partial charge >= 0.3 is 5.82 Å². The van der Waals surface area contributed by atoms with Crippen molar-refractivity contribution < 1.29 is 13.3 Å². The number of aromatic nitrogens is 2. The highest BCUT2D eigenvalue weighted by molar-refractivity contribution is 7.89. The second-order valence-corrected chi connectivity index (χ2v) is 6.37. The highest BCUT2D eigenvalue weighted by Crippen LogP contribution is 2.13. The number of nitro groups is 1. The quantitative estimate of drug-likeness (QED) is 0.617. The summed E-state index contributed by atoms with van der Waals surface area (Å²) in [5, 5.41) is 19.6. The van der Waals surface area contributed by atoms with Gasteiger partial charge < -0.3 is 10.1 Å². The molecule has 0 fully saturated rings. The fourth-order valence-electron chi connectivity index (χ4n) is 1.96. The topological polar surface area (TPSA) is 131 Å². The molecule has 1 N–H and O–H groups in total. The van der Waals surface area contributed by atoms with Crippen molar-refractivity contribution >= 4 is 15.8 Å². The second kappa shape index (κ2) is 6.55. The molecule has 1 aromatic carbocycles. The van der Waals surface area contributed by atoms with E-state index >= 15 is 0 Å². The van der Waals surface area contributed by atoms with Gasteiger partial charge in [-0.1, -0.05) is 0 Å². The van der Waals surface area contributed by atoms with E-state index in [4.69, 9.17) is 5.26 Å². The number of hydrogen-bond acceptors (Lipinski definition) is 6. The monoisotopic (exact) mass is 335 g/mol. The molecule has 0 bridgehead atoms. The van der Waals surface area contributed by atoms with Crippen molar-refractivity contribution in [2.75, 3.05) is 6.54 Å². The average molecular weight is 335 g/mol. The molecular formula is C13H13N5O4S. The number of nitrogens with zero attached hydrogens (tertiary/aromatic N) is 4. The van der Waals surface area contributed by atoms with Crippen LogP contribution in [0.25, 0.3) is 0 Å². The van der Waals surface area contributed by atoms with Crippen molar-refractivity contribution in [3.05, 3.63) is 52.0 Å². The highest BCUT2D eigenvalue weighted by Gasteiger charge is 2.19. The van der Waals surface area contributed by atoms with E-state index in [9.17, 15) is 18.5 Å². The van der Waals surface area contributed by atoms with Crippen LogP contribution >= 0.6 is 0 Å². The van der Waals surface area contributed by atoms with E-state index in [1.165, 1.54) is 28.8 Å². The molecule has 9 nitrogen and oxygen atoms in total. The van der Waals surface area contributed by atoms with Crippen LogP contribution < -0.4 is 4.72 Å². The van der Waals surface area contributed by atoms with E-state index in [1.54, 1.807) is 6.92 Å². The fraction of sp³-hybridized carbons (Fsp3) is 0.231. The first kappa shape index (κ1) is 16.6. The standard InChI is InChI=1S/C13H13N5O4S/c1-10-15-9-13(18(19)20)17(10)7-6-16-23(21,22)12-4-2-11(8-14)3-5-12/h2-5,9,16H,6-7H2,1H3. The van der Waals surface area contributed by atoms with Crippen molar-refractivity contribution in [2.24, 2.45) is 0 Å². The van der Waals surface area contributed by atoms with Crippen LogP contribution in [0.2, 0.25) is 0 Å². The third-order valence-corrected chi connectivity index (χ3v) is 4.62. The molecule has 10 heteroatoms. The Morgan fingerprint density at radius 1 is 1.39 bits per heavy atom. The van der Waals surface area contributed by atoms with E-state index in [1.807, 2.05) is 6.07 Å². The molecule has 23 heavy (non-hydrogen) atoms. The van der Waals surface area contributed by atoms with Gasteiger partial charge in [0.2, 0.25) is 10.0 Å². The number of sulfonamides is 1. The molecule has 0 amide bonds. The zero-order valence-electron chi connectivity index (χ0n) is 12.1. The number of nitrogens with one attached hydrogen (secondary N) is 1. The van der Waals surface area contributed by atoms with E-state index in [0.29, 0.717) is 11.4 Å². The van der Waals surface area contributed by atoms with Gasteiger partial charge in [-0.2, -0.15) is 5.26 Å². The predicted octanol–water partition coefficient (Wildman–Crippen LogP) is 0.950. The minimum absolute atomic E-state index is 0.0216. The van der Waals surface area contributed by atoms with E-state index in [2.05, 4.69) is 9.71 Å². The van der Waals surface area contributed by atoms with E-state index in [-0.39, 0.29) is 23.8 Å². The number of rotatable bonds is 6. The highest BCUT2D eigenvalue weighted by atomic mass is 32.2. The number of aryl methyl sites for hydroxylation is 1. The zero-order chi connectivity index (χ0) is 17.0. The lowest BCUT2D eigenvalue weighted by molar-refractivity contribution is -0.392. The minimum Gasteiger partial charge on any atom is -0.358 e. The molecule has 0 radical (unpaired) electrons. The van der Waals surface area contributed by atoms with Gasteiger partial charge in [0.05, 0.1) is 16.5 Å². The van der Waals surface area contributed by atoms with Crippen LogP contribution in [0.15, 0.2) is 35.4 Å². The first-order valence-electron chi connectivity index (χ1n) is 6.51. The molecule has 0 spiro atoms. The lowest BCUT2D eigenvalue weighted by Gasteiger charge is -2.07. The van der Waals surface area contributed by atoms with Crippen molar-refractivity contribution in [3.63, 3.8) is 0 Å². The largest absolute Gasteiger partial charge is 0.358 e. The molecular weight excluding hydrogens is 322 g/mol. The van der Waals surface area contributed by atoms with Crippen molar-refractivity contribution in [1.82, 2.24) is 14.3 Å². The Kier molecular flexibility index (Phi) is 4.73. The summed E-state index contributed by atoms with van der Waals surface area (Å²) >= 11 is 0. The Bertz CT molecular complexity index is 865. The van der Waals surface area contributed by atoms with Gasteiger partial charge in [-0.25, -0.2) is 22.7 Å². The van der Waals surface area contributed by atoms with Gasteiger partial charge in [-0.15, -0.1) is 0 Å². The lowest BCUT2D eigenvalue weighted by atomic mass is 10.2. The summed E-state index contributed by atoms with van der Waals surface area (Å²) in [6.45, 7) is 1.65. The van der Waals surface area contributed by atoms with Crippen LogP contribution in [0, 0.1) is 28.4 Å². The average Bonchev–Trinajstić information content (AvgIpc) is 2.88. The summed E-state index contributed by atoms with van der Waals surface area (Å²) in [5.41, 5.74) is 0.355. The summed E-state index contributed by atoms with van der Waals surface area (Å²) in [5.74, 6) is 0.231. The number of benzene rings is 1. The van der Waals surface area contributed by atoms with Gasteiger partial charge in [0, 0.05) is 13.5 Å². The van der Waals surface area contributed by atoms with Crippen LogP contribution in [0.3, 0.4) is 0 Å². The molecule has 1 aromatic heterocycles. The van der Waals surface area contributed by atoms with Crippen LogP contribution in [-0.4, -0.2) is 29.4 Å². The van der Waals surface area contributed by atoms with Crippen LogP contribution in [0.5, 0.6) is 0 Å². The summed E-state index contributed by atoms with van der Waals surface area (Å²) < 4.78 is 27.9. The van der Waals surface area contributed by atoms with Crippen LogP contribution in [0.1, 0.15) is 11.4 Å². The summed E-state index contributed by atoms with van der Waals surface area (Å²) in [6, 6.07) is 7.36. The van der Waals surface area contributed by atoms with Crippen molar-refractivity contribution in [2.45, 2.75) is 18.4 Å². The lowest BCUT2D eigenvalue weighted by Crippen LogP contribution is -2.28. The Labute approximate surface area is 132 Å². The van der Waals surface area contributed by atoms with Crippen molar-refractivity contribution in [3.8, 4) is 6.07 Å². The van der Waals surface area contributed by atoms with Crippen molar-refractivity contribution in [1.29, 1.82) is 5.26 Å².